The number of benzene rings is 1. The number of hydrogen-bond donors (Lipinski definition) is 0. The molecule has 8 heteroatoms. The predicted octanol–water partition coefficient (Wildman–Crippen LogP) is 2.93. The molecule has 1 fully saturated rings. The molecule has 0 bridgehead atoms. The molecule has 0 spiro atoms. The monoisotopic (exact) mass is 393 g/mol. The van der Waals surface area contributed by atoms with E-state index in [4.69, 9.17) is 9.47 Å². The first-order valence-electron chi connectivity index (χ1n) is 9.52. The third-order valence-electron chi connectivity index (χ3n) is 5.17. The van der Waals surface area contributed by atoms with Gasteiger partial charge in [0.1, 0.15) is 11.5 Å². The normalized spacial score (nSPS) is 16.7. The molecular weight excluding hydrogens is 370 g/mol. The van der Waals surface area contributed by atoms with E-state index in [0.717, 1.165) is 29.7 Å². The Bertz CT molecular complexity index is 967. The van der Waals surface area contributed by atoms with E-state index in [0.29, 0.717) is 24.5 Å². The van der Waals surface area contributed by atoms with Crippen molar-refractivity contribution in [1.29, 1.82) is 0 Å². The number of piperidine rings is 1. The maximum Gasteiger partial charge on any atom is 0.223 e. The summed E-state index contributed by atoms with van der Waals surface area (Å²) in [6.45, 7) is 0.479. The lowest BCUT2D eigenvalue weighted by Crippen LogP contribution is -2.38. The topological polar surface area (TPSA) is 82.4 Å². The van der Waals surface area contributed by atoms with Crippen LogP contribution in [0.5, 0.6) is 11.5 Å². The Morgan fingerprint density at radius 3 is 2.52 bits per heavy atom. The molecule has 0 N–H and O–H groups in total. The van der Waals surface area contributed by atoms with Gasteiger partial charge in [-0.15, -0.1) is 0 Å². The number of amides is 1. The summed E-state index contributed by atoms with van der Waals surface area (Å²) in [6, 6.07) is 7.75. The molecule has 1 aliphatic heterocycles. The highest BCUT2D eigenvalue weighted by molar-refractivity contribution is 5.78. The number of hydrogen-bond acceptors (Lipinski definition) is 6. The number of rotatable bonds is 6. The van der Waals surface area contributed by atoms with Gasteiger partial charge in [0.25, 0.3) is 0 Å². The van der Waals surface area contributed by atoms with Crippen molar-refractivity contribution in [2.45, 2.75) is 31.8 Å². The van der Waals surface area contributed by atoms with E-state index in [-0.39, 0.29) is 11.9 Å². The molecule has 8 nitrogen and oxygen atoms in total. The van der Waals surface area contributed by atoms with E-state index in [1.807, 2.05) is 29.2 Å². The Hall–Kier alpha value is -3.42. The Balaban J connectivity index is 1.69. The summed E-state index contributed by atoms with van der Waals surface area (Å²) in [4.78, 5) is 20.5. The highest BCUT2D eigenvalue weighted by atomic mass is 16.5. The smallest absolute Gasteiger partial charge is 0.223 e. The molecule has 1 saturated heterocycles. The van der Waals surface area contributed by atoms with Crippen LogP contribution in [0.3, 0.4) is 0 Å². The van der Waals surface area contributed by atoms with E-state index < -0.39 is 0 Å². The zero-order valence-corrected chi connectivity index (χ0v) is 16.5. The van der Waals surface area contributed by atoms with Crippen LogP contribution in [0.25, 0.3) is 5.69 Å². The molecule has 1 amide bonds. The van der Waals surface area contributed by atoms with Crippen molar-refractivity contribution in [3.8, 4) is 17.2 Å². The minimum Gasteiger partial charge on any atom is -0.495 e. The van der Waals surface area contributed by atoms with Crippen LogP contribution in [0.15, 0.2) is 49.1 Å². The van der Waals surface area contributed by atoms with Gasteiger partial charge < -0.3 is 14.4 Å². The molecule has 0 saturated carbocycles. The fourth-order valence-corrected chi connectivity index (χ4v) is 3.83. The van der Waals surface area contributed by atoms with E-state index in [9.17, 15) is 4.79 Å². The Labute approximate surface area is 169 Å². The fourth-order valence-electron chi connectivity index (χ4n) is 3.83. The average Bonchev–Trinajstić information content (AvgIpc) is 3.30. The number of methoxy groups -OCH3 is 2. The zero-order valence-electron chi connectivity index (χ0n) is 16.5. The van der Waals surface area contributed by atoms with Gasteiger partial charge in [0.15, 0.2) is 0 Å². The van der Waals surface area contributed by atoms with Gasteiger partial charge in [-0.2, -0.15) is 15.0 Å². The number of likely N-dealkylation sites (tertiary alicyclic amines) is 1. The van der Waals surface area contributed by atoms with Crippen molar-refractivity contribution in [2.75, 3.05) is 14.2 Å². The molecular formula is C21H23N5O3. The lowest BCUT2D eigenvalue weighted by Gasteiger charge is -2.37. The maximum absolute atomic E-state index is 12.9. The van der Waals surface area contributed by atoms with E-state index in [2.05, 4.69) is 15.2 Å². The van der Waals surface area contributed by atoms with Gasteiger partial charge in [-0.3, -0.25) is 9.78 Å². The van der Waals surface area contributed by atoms with E-state index in [1.54, 1.807) is 43.8 Å². The van der Waals surface area contributed by atoms with Gasteiger partial charge in [0.05, 0.1) is 56.3 Å². The van der Waals surface area contributed by atoms with Crippen LogP contribution in [0.2, 0.25) is 0 Å². The van der Waals surface area contributed by atoms with Gasteiger partial charge >= 0.3 is 0 Å². The standard InChI is InChI=1S/C21H23N5O3/c1-28-18-12-22-13-19(29-2)21(18)17-7-4-8-20(27)25(17)14-15-5-3-6-16(11-15)26-23-9-10-24-26/h3,5-6,9-13,17H,4,7-8,14H2,1-2H3. The van der Waals surface area contributed by atoms with Crippen LogP contribution >= 0.6 is 0 Å². The van der Waals surface area contributed by atoms with E-state index in [1.165, 1.54) is 0 Å². The average molecular weight is 393 g/mol. The lowest BCUT2D eigenvalue weighted by atomic mass is 9.93. The predicted molar refractivity (Wildman–Crippen MR) is 106 cm³/mol. The number of aromatic nitrogens is 4. The molecule has 1 atom stereocenters. The molecule has 1 aliphatic rings. The quantitative estimate of drug-likeness (QED) is 0.640. The second kappa shape index (κ2) is 8.30. The Morgan fingerprint density at radius 1 is 1.10 bits per heavy atom. The van der Waals surface area contributed by atoms with Crippen molar-refractivity contribution in [1.82, 2.24) is 24.9 Å². The van der Waals surface area contributed by atoms with Crippen LogP contribution < -0.4 is 9.47 Å². The first-order valence-corrected chi connectivity index (χ1v) is 9.52. The number of pyridine rings is 1. The van der Waals surface area contributed by atoms with Crippen molar-refractivity contribution in [3.05, 3.63) is 60.2 Å². The Kier molecular flexibility index (Phi) is 5.41. The van der Waals surface area contributed by atoms with Gasteiger partial charge in [0.2, 0.25) is 5.91 Å². The third kappa shape index (κ3) is 3.78. The van der Waals surface area contributed by atoms with Crippen LogP contribution in [0.1, 0.15) is 36.4 Å². The first kappa shape index (κ1) is 18.9. The molecule has 0 aliphatic carbocycles. The van der Waals surface area contributed by atoms with Crippen LogP contribution in [-0.4, -0.2) is 45.0 Å². The zero-order chi connectivity index (χ0) is 20.2. The Morgan fingerprint density at radius 2 is 1.83 bits per heavy atom. The second-order valence-corrected chi connectivity index (χ2v) is 6.88. The molecule has 1 aromatic carbocycles. The summed E-state index contributed by atoms with van der Waals surface area (Å²) < 4.78 is 11.1. The van der Waals surface area contributed by atoms with Crippen molar-refractivity contribution in [3.63, 3.8) is 0 Å². The lowest BCUT2D eigenvalue weighted by molar-refractivity contribution is -0.137. The molecule has 2 aromatic heterocycles. The molecule has 3 heterocycles. The number of carbonyl (C=O) groups is 1. The fraction of sp³-hybridized carbons (Fsp3) is 0.333. The van der Waals surface area contributed by atoms with E-state index >= 15 is 0 Å². The van der Waals surface area contributed by atoms with Crippen molar-refractivity contribution >= 4 is 5.91 Å². The molecule has 29 heavy (non-hydrogen) atoms. The highest BCUT2D eigenvalue weighted by Gasteiger charge is 2.33. The van der Waals surface area contributed by atoms with Gasteiger partial charge in [-0.25, -0.2) is 0 Å². The highest BCUT2D eigenvalue weighted by Crippen LogP contribution is 2.42. The minimum absolute atomic E-state index is 0.116. The molecule has 3 aromatic rings. The summed E-state index contributed by atoms with van der Waals surface area (Å²) in [5.74, 6) is 1.37. The van der Waals surface area contributed by atoms with Crippen LogP contribution in [0, 0.1) is 0 Å². The third-order valence-corrected chi connectivity index (χ3v) is 5.17. The summed E-state index contributed by atoms with van der Waals surface area (Å²) in [6.07, 6.45) is 8.80. The van der Waals surface area contributed by atoms with Crippen LogP contribution in [-0.2, 0) is 11.3 Å². The van der Waals surface area contributed by atoms with Gasteiger partial charge in [0, 0.05) is 13.0 Å². The number of nitrogens with zero attached hydrogens (tertiary/aromatic N) is 5. The van der Waals surface area contributed by atoms with Gasteiger partial charge in [-0.1, -0.05) is 12.1 Å². The second-order valence-electron chi connectivity index (χ2n) is 6.88. The summed E-state index contributed by atoms with van der Waals surface area (Å²) in [5, 5.41) is 8.36. The van der Waals surface area contributed by atoms with Gasteiger partial charge in [-0.05, 0) is 30.5 Å². The van der Waals surface area contributed by atoms with Crippen LogP contribution in [0.4, 0.5) is 0 Å². The molecule has 0 radical (unpaired) electrons. The summed E-state index contributed by atoms with van der Waals surface area (Å²) in [7, 11) is 3.21. The minimum atomic E-state index is -0.143. The number of carbonyl (C=O) groups excluding carboxylic acids is 1. The summed E-state index contributed by atoms with van der Waals surface area (Å²) >= 11 is 0. The summed E-state index contributed by atoms with van der Waals surface area (Å²) in [5.41, 5.74) is 2.72. The molecule has 150 valence electrons. The largest absolute Gasteiger partial charge is 0.495 e. The maximum atomic E-state index is 12.9. The molecule has 4 rings (SSSR count). The first-order chi connectivity index (χ1) is 14.2. The SMILES string of the molecule is COc1cncc(OC)c1C1CCCC(=O)N1Cc1cccc(-n2nccn2)c1. The van der Waals surface area contributed by atoms with Crippen molar-refractivity contribution < 1.29 is 14.3 Å². The number of ether oxygens (including phenoxy) is 2. The molecule has 1 unspecified atom stereocenters. The van der Waals surface area contributed by atoms with Crippen molar-refractivity contribution in [2.24, 2.45) is 0 Å².